The Bertz CT molecular complexity index is 1250. The molecule has 2 aromatic heterocycles. The van der Waals surface area contributed by atoms with Gasteiger partial charge in [0.05, 0.1) is 10.7 Å². The first kappa shape index (κ1) is 18.2. The molecule has 0 radical (unpaired) electrons. The Kier molecular flexibility index (Phi) is 4.62. The van der Waals surface area contributed by atoms with Crippen molar-refractivity contribution in [2.45, 2.75) is 5.09 Å². The Balaban J connectivity index is 1.74. The van der Waals surface area contributed by atoms with Gasteiger partial charge in [-0.1, -0.05) is 60.1 Å². The number of ketones is 1. The van der Waals surface area contributed by atoms with Crippen molar-refractivity contribution in [3.8, 4) is 0 Å². The van der Waals surface area contributed by atoms with Crippen LogP contribution in [0.4, 0.5) is 5.69 Å². The highest BCUT2D eigenvalue weighted by Gasteiger charge is 2.24. The van der Waals surface area contributed by atoms with Gasteiger partial charge < -0.3 is 4.42 Å². The smallest absolute Gasteiger partial charge is 0.295 e. The van der Waals surface area contributed by atoms with Crippen LogP contribution in [-0.2, 0) is 10.0 Å². The SMILES string of the molecule is O=C(c1ccccc1)c1ncc(Cl)cc1NS(=O)(=O)c1cc2ccccc2o1. The number of pyridine rings is 1. The van der Waals surface area contributed by atoms with Gasteiger partial charge >= 0.3 is 0 Å². The number of aromatic nitrogens is 1. The Labute approximate surface area is 165 Å². The minimum absolute atomic E-state index is 0.0261. The summed E-state index contributed by atoms with van der Waals surface area (Å²) in [6, 6.07) is 18.1. The number of carbonyl (C=O) groups is 1. The molecule has 0 atom stereocenters. The topological polar surface area (TPSA) is 89.3 Å². The number of sulfonamides is 1. The van der Waals surface area contributed by atoms with E-state index in [1.807, 2.05) is 0 Å². The Hall–Kier alpha value is -3.16. The maximum atomic E-state index is 12.8. The molecule has 0 spiro atoms. The quantitative estimate of drug-likeness (QED) is 0.487. The third-order valence-corrected chi connectivity index (χ3v) is 5.44. The fourth-order valence-corrected chi connectivity index (χ4v) is 3.89. The van der Waals surface area contributed by atoms with Crippen LogP contribution in [0.25, 0.3) is 11.0 Å². The van der Waals surface area contributed by atoms with E-state index in [0.717, 1.165) is 0 Å². The lowest BCUT2D eigenvalue weighted by Crippen LogP contribution is -2.16. The minimum atomic E-state index is -4.10. The lowest BCUT2D eigenvalue weighted by molar-refractivity contribution is 0.103. The van der Waals surface area contributed by atoms with Crippen LogP contribution in [0.1, 0.15) is 16.1 Å². The van der Waals surface area contributed by atoms with Gasteiger partial charge in [-0.25, -0.2) is 4.98 Å². The van der Waals surface area contributed by atoms with E-state index < -0.39 is 15.8 Å². The average molecular weight is 413 g/mol. The summed E-state index contributed by atoms with van der Waals surface area (Å²) in [5, 5.41) is 0.561. The number of hydrogen-bond donors (Lipinski definition) is 1. The summed E-state index contributed by atoms with van der Waals surface area (Å²) in [4.78, 5) is 16.8. The maximum Gasteiger partial charge on any atom is 0.295 e. The van der Waals surface area contributed by atoms with Crippen molar-refractivity contribution in [1.29, 1.82) is 0 Å². The molecular weight excluding hydrogens is 400 g/mol. The molecule has 4 aromatic rings. The second kappa shape index (κ2) is 7.10. The van der Waals surface area contributed by atoms with E-state index in [2.05, 4.69) is 9.71 Å². The molecule has 4 rings (SSSR count). The van der Waals surface area contributed by atoms with Gasteiger partial charge in [-0.2, -0.15) is 8.42 Å². The van der Waals surface area contributed by atoms with Crippen molar-refractivity contribution in [3.63, 3.8) is 0 Å². The van der Waals surface area contributed by atoms with Crippen LogP contribution in [0.2, 0.25) is 5.02 Å². The summed E-state index contributed by atoms with van der Waals surface area (Å²) in [6.45, 7) is 0. The molecule has 2 heterocycles. The van der Waals surface area contributed by atoms with Crippen LogP contribution >= 0.6 is 11.6 Å². The van der Waals surface area contributed by atoms with E-state index in [9.17, 15) is 13.2 Å². The Morgan fingerprint density at radius 2 is 1.71 bits per heavy atom. The molecule has 0 aliphatic carbocycles. The van der Waals surface area contributed by atoms with Crippen LogP contribution in [-0.4, -0.2) is 19.2 Å². The van der Waals surface area contributed by atoms with Crippen molar-refractivity contribution in [3.05, 3.63) is 89.2 Å². The van der Waals surface area contributed by atoms with Gasteiger partial charge in [0.15, 0.2) is 0 Å². The van der Waals surface area contributed by atoms with Gasteiger partial charge in [-0.05, 0) is 12.1 Å². The summed E-state index contributed by atoms with van der Waals surface area (Å²) in [6.07, 6.45) is 1.29. The molecule has 6 nitrogen and oxygen atoms in total. The van der Waals surface area contributed by atoms with Crippen molar-refractivity contribution >= 4 is 44.1 Å². The van der Waals surface area contributed by atoms with Crippen LogP contribution in [0.15, 0.2) is 82.4 Å². The molecule has 0 unspecified atom stereocenters. The van der Waals surface area contributed by atoms with Crippen molar-refractivity contribution in [1.82, 2.24) is 4.98 Å². The number of halogens is 1. The molecule has 140 valence electrons. The van der Waals surface area contributed by atoms with Crippen LogP contribution in [0.5, 0.6) is 0 Å². The molecule has 8 heteroatoms. The predicted octanol–water partition coefficient (Wildman–Crippen LogP) is 4.51. The summed E-state index contributed by atoms with van der Waals surface area (Å²) in [5.74, 6) is -0.431. The van der Waals surface area contributed by atoms with E-state index in [0.29, 0.717) is 16.5 Å². The number of nitrogens with one attached hydrogen (secondary N) is 1. The largest absolute Gasteiger partial charge is 0.443 e. The normalized spacial score (nSPS) is 11.5. The third kappa shape index (κ3) is 3.49. The first-order chi connectivity index (χ1) is 13.4. The number of hydrogen-bond acceptors (Lipinski definition) is 5. The highest BCUT2D eigenvalue weighted by atomic mass is 35.5. The second-order valence-electron chi connectivity index (χ2n) is 5.95. The number of rotatable bonds is 5. The van der Waals surface area contributed by atoms with Crippen LogP contribution < -0.4 is 4.72 Å². The van der Waals surface area contributed by atoms with Crippen LogP contribution in [0.3, 0.4) is 0 Å². The summed E-state index contributed by atoms with van der Waals surface area (Å²) in [7, 11) is -4.10. The van der Waals surface area contributed by atoms with E-state index in [4.69, 9.17) is 16.0 Å². The van der Waals surface area contributed by atoms with Gasteiger partial charge in [0.2, 0.25) is 10.9 Å². The van der Waals surface area contributed by atoms with Crippen molar-refractivity contribution < 1.29 is 17.6 Å². The number of nitrogens with zero attached hydrogens (tertiary/aromatic N) is 1. The molecule has 0 fully saturated rings. The number of fused-ring (bicyclic) bond motifs is 1. The number of carbonyl (C=O) groups excluding carboxylic acids is 1. The van der Waals surface area contributed by atoms with Gasteiger partial charge in [0.1, 0.15) is 11.3 Å². The van der Waals surface area contributed by atoms with Crippen molar-refractivity contribution in [2.75, 3.05) is 4.72 Å². The van der Waals surface area contributed by atoms with Gasteiger partial charge in [0.25, 0.3) is 10.0 Å². The van der Waals surface area contributed by atoms with Crippen LogP contribution in [0, 0.1) is 0 Å². The first-order valence-corrected chi connectivity index (χ1v) is 10.1. The molecule has 1 N–H and O–H groups in total. The second-order valence-corrected chi connectivity index (χ2v) is 8.00. The Morgan fingerprint density at radius 1 is 1.00 bits per heavy atom. The molecule has 28 heavy (non-hydrogen) atoms. The van der Waals surface area contributed by atoms with E-state index in [1.165, 1.54) is 18.3 Å². The first-order valence-electron chi connectivity index (χ1n) is 8.21. The fraction of sp³-hybridized carbons (Fsp3) is 0. The predicted molar refractivity (Wildman–Crippen MR) is 106 cm³/mol. The average Bonchev–Trinajstić information content (AvgIpc) is 3.13. The van der Waals surface area contributed by atoms with Gasteiger partial charge in [-0.15, -0.1) is 0 Å². The zero-order chi connectivity index (χ0) is 19.7. The summed E-state index contributed by atoms with van der Waals surface area (Å²) in [5.41, 5.74) is 0.728. The zero-order valence-electron chi connectivity index (χ0n) is 14.3. The molecule has 2 aromatic carbocycles. The minimum Gasteiger partial charge on any atom is -0.443 e. The number of anilines is 1. The highest BCUT2D eigenvalue weighted by molar-refractivity contribution is 7.92. The molecule has 0 amide bonds. The van der Waals surface area contributed by atoms with Gasteiger partial charge in [0, 0.05) is 23.2 Å². The zero-order valence-corrected chi connectivity index (χ0v) is 15.9. The molecule has 0 saturated heterocycles. The highest BCUT2D eigenvalue weighted by Crippen LogP contribution is 2.27. The van der Waals surface area contributed by atoms with E-state index >= 15 is 0 Å². The molecule has 0 saturated carbocycles. The number of para-hydroxylation sites is 1. The van der Waals surface area contributed by atoms with E-state index in [-0.39, 0.29) is 21.5 Å². The molecule has 0 aliphatic heterocycles. The lowest BCUT2D eigenvalue weighted by Gasteiger charge is -2.10. The van der Waals surface area contributed by atoms with E-state index in [1.54, 1.807) is 54.6 Å². The van der Waals surface area contributed by atoms with Crippen molar-refractivity contribution in [2.24, 2.45) is 0 Å². The molecule has 0 aliphatic rings. The standard InChI is InChI=1S/C20H13ClN2O4S/c21-15-11-16(19(22-12-15)20(24)13-6-2-1-3-7-13)23-28(25,26)18-10-14-8-4-5-9-17(14)27-18/h1-12,23H. The molecular formula is C20H13ClN2O4S. The molecule has 0 bridgehead atoms. The van der Waals surface area contributed by atoms with Gasteiger partial charge in [-0.3, -0.25) is 9.52 Å². The summed E-state index contributed by atoms with van der Waals surface area (Å²) < 4.78 is 33.4. The monoisotopic (exact) mass is 412 g/mol. The number of furan rings is 1. The summed E-state index contributed by atoms with van der Waals surface area (Å²) >= 11 is 5.97. The third-order valence-electron chi connectivity index (χ3n) is 4.02. The fourth-order valence-electron chi connectivity index (χ4n) is 2.71. The number of benzene rings is 2. The maximum absolute atomic E-state index is 12.8. The Morgan fingerprint density at radius 3 is 2.46 bits per heavy atom. The lowest BCUT2D eigenvalue weighted by atomic mass is 10.1.